The number of carbonyl (C=O) groups excluding carboxylic acids is 2. The average molecular weight is 343 g/mol. The molecule has 6 nitrogen and oxygen atoms in total. The van der Waals surface area contributed by atoms with E-state index in [4.69, 9.17) is 4.74 Å². The Morgan fingerprint density at radius 3 is 2.96 bits per heavy atom. The second-order valence-electron chi connectivity index (χ2n) is 7.04. The van der Waals surface area contributed by atoms with Crippen LogP contribution in [0, 0.1) is 0 Å². The third-order valence-corrected chi connectivity index (χ3v) is 5.46. The average Bonchev–Trinajstić information content (AvgIpc) is 3.23. The largest absolute Gasteiger partial charge is 0.366 e. The van der Waals surface area contributed by atoms with Gasteiger partial charge in [-0.15, -0.1) is 0 Å². The predicted molar refractivity (Wildman–Crippen MR) is 94.6 cm³/mol. The Morgan fingerprint density at radius 1 is 1.32 bits per heavy atom. The van der Waals surface area contributed by atoms with E-state index >= 15 is 0 Å². The first kappa shape index (κ1) is 16.5. The molecule has 1 N–H and O–H groups in total. The first-order chi connectivity index (χ1) is 12.2. The van der Waals surface area contributed by atoms with Crippen molar-refractivity contribution >= 4 is 17.5 Å². The van der Waals surface area contributed by atoms with Crippen LogP contribution in [0.5, 0.6) is 0 Å². The molecule has 2 saturated heterocycles. The molecule has 3 heterocycles. The van der Waals surface area contributed by atoms with Gasteiger partial charge in [0.1, 0.15) is 6.10 Å². The molecule has 2 fully saturated rings. The Kier molecular flexibility index (Phi) is 4.72. The number of fused-ring (bicyclic) bond motifs is 1. The highest BCUT2D eigenvalue weighted by atomic mass is 16.5. The molecule has 2 amide bonds. The smallest absolute Gasteiger partial charge is 0.257 e. The van der Waals surface area contributed by atoms with Crippen molar-refractivity contribution in [1.29, 1.82) is 0 Å². The number of anilines is 1. The van der Waals surface area contributed by atoms with E-state index in [-0.39, 0.29) is 17.7 Å². The molecule has 0 saturated carbocycles. The molecule has 0 bridgehead atoms. The summed E-state index contributed by atoms with van der Waals surface area (Å²) in [6.45, 7) is 4.28. The summed E-state index contributed by atoms with van der Waals surface area (Å²) in [4.78, 5) is 28.6. The number of para-hydroxylation sites is 1. The summed E-state index contributed by atoms with van der Waals surface area (Å²) >= 11 is 0. The first-order valence-electron chi connectivity index (χ1n) is 9.24. The second kappa shape index (κ2) is 7.14. The van der Waals surface area contributed by atoms with Crippen LogP contribution < -0.4 is 10.2 Å². The van der Waals surface area contributed by atoms with Crippen molar-refractivity contribution in [2.45, 2.75) is 31.3 Å². The van der Waals surface area contributed by atoms with Crippen LogP contribution in [0.3, 0.4) is 0 Å². The highest BCUT2D eigenvalue weighted by Crippen LogP contribution is 2.38. The summed E-state index contributed by atoms with van der Waals surface area (Å²) in [5, 5.41) is 3.22. The van der Waals surface area contributed by atoms with Gasteiger partial charge in [-0.1, -0.05) is 18.2 Å². The van der Waals surface area contributed by atoms with E-state index in [1.165, 1.54) is 5.56 Å². The van der Waals surface area contributed by atoms with E-state index in [0.29, 0.717) is 26.1 Å². The Bertz CT molecular complexity index is 657. The summed E-state index contributed by atoms with van der Waals surface area (Å²) in [6.07, 6.45) is 2.14. The lowest BCUT2D eigenvalue weighted by atomic mass is 9.98. The molecular weight excluding hydrogens is 318 g/mol. The molecule has 3 aliphatic heterocycles. The normalized spacial score (nSPS) is 26.2. The number of nitrogens with zero attached hydrogens (tertiary/aromatic N) is 2. The van der Waals surface area contributed by atoms with Crippen LogP contribution in [0.25, 0.3) is 0 Å². The number of hydrogen-bond donors (Lipinski definition) is 1. The van der Waals surface area contributed by atoms with Gasteiger partial charge < -0.3 is 19.9 Å². The molecule has 0 aliphatic carbocycles. The van der Waals surface area contributed by atoms with E-state index in [0.717, 1.165) is 38.2 Å². The van der Waals surface area contributed by atoms with Crippen LogP contribution in [-0.4, -0.2) is 62.1 Å². The maximum absolute atomic E-state index is 12.9. The van der Waals surface area contributed by atoms with Crippen molar-refractivity contribution in [3.8, 4) is 0 Å². The Labute approximate surface area is 148 Å². The van der Waals surface area contributed by atoms with Gasteiger partial charge in [0.05, 0.1) is 6.61 Å². The van der Waals surface area contributed by atoms with Crippen LogP contribution in [0.4, 0.5) is 5.69 Å². The van der Waals surface area contributed by atoms with E-state index in [1.807, 2.05) is 28.0 Å². The van der Waals surface area contributed by atoms with E-state index in [2.05, 4.69) is 11.4 Å². The summed E-state index contributed by atoms with van der Waals surface area (Å²) in [5.41, 5.74) is 2.21. The van der Waals surface area contributed by atoms with Crippen LogP contribution in [-0.2, 0) is 14.3 Å². The molecule has 25 heavy (non-hydrogen) atoms. The zero-order valence-electron chi connectivity index (χ0n) is 14.4. The van der Waals surface area contributed by atoms with Gasteiger partial charge in [0, 0.05) is 50.7 Å². The quantitative estimate of drug-likeness (QED) is 0.890. The molecule has 0 radical (unpaired) electrons. The minimum atomic E-state index is -0.402. The molecule has 0 aromatic heterocycles. The fourth-order valence-corrected chi connectivity index (χ4v) is 4.10. The van der Waals surface area contributed by atoms with Gasteiger partial charge in [-0.25, -0.2) is 0 Å². The minimum Gasteiger partial charge on any atom is -0.366 e. The summed E-state index contributed by atoms with van der Waals surface area (Å²) < 4.78 is 5.65. The number of hydrogen-bond acceptors (Lipinski definition) is 4. The van der Waals surface area contributed by atoms with Crippen LogP contribution in [0.15, 0.2) is 24.3 Å². The van der Waals surface area contributed by atoms with Crippen LogP contribution in [0.2, 0.25) is 0 Å². The van der Waals surface area contributed by atoms with Crippen molar-refractivity contribution < 1.29 is 14.3 Å². The fraction of sp³-hybridized carbons (Fsp3) is 0.579. The molecule has 0 spiro atoms. The van der Waals surface area contributed by atoms with Gasteiger partial charge >= 0.3 is 0 Å². The van der Waals surface area contributed by atoms with Gasteiger partial charge in [0.25, 0.3) is 5.91 Å². The van der Waals surface area contributed by atoms with Crippen molar-refractivity contribution in [3.05, 3.63) is 29.8 Å². The fourth-order valence-electron chi connectivity index (χ4n) is 4.10. The number of benzene rings is 1. The predicted octanol–water partition coefficient (Wildman–Crippen LogP) is 1.12. The number of carbonyl (C=O) groups is 2. The second-order valence-corrected chi connectivity index (χ2v) is 7.04. The topological polar surface area (TPSA) is 61.9 Å². The van der Waals surface area contributed by atoms with Gasteiger partial charge in [-0.2, -0.15) is 0 Å². The summed E-state index contributed by atoms with van der Waals surface area (Å²) in [5.74, 6) is 0.588. The number of amides is 2. The van der Waals surface area contributed by atoms with Crippen molar-refractivity contribution in [2.75, 3.05) is 44.2 Å². The lowest BCUT2D eigenvalue weighted by Gasteiger charge is -2.27. The highest BCUT2D eigenvalue weighted by Gasteiger charge is 2.36. The minimum absolute atomic E-state index is 0.0411. The molecule has 6 heteroatoms. The molecule has 0 unspecified atom stereocenters. The SMILES string of the molecule is O=C1CCCN1CC[C@@H]1CN(C(=O)[C@H]2CNCCO2)c2ccccc21. The molecule has 4 rings (SSSR count). The van der Waals surface area contributed by atoms with E-state index in [9.17, 15) is 9.59 Å². The Hall–Kier alpha value is -1.92. The summed E-state index contributed by atoms with van der Waals surface area (Å²) in [6, 6.07) is 8.13. The van der Waals surface area contributed by atoms with Gasteiger partial charge in [0.15, 0.2) is 0 Å². The monoisotopic (exact) mass is 343 g/mol. The van der Waals surface area contributed by atoms with Crippen molar-refractivity contribution in [3.63, 3.8) is 0 Å². The van der Waals surface area contributed by atoms with E-state index < -0.39 is 6.10 Å². The number of ether oxygens (including phenoxy) is 1. The number of likely N-dealkylation sites (tertiary alicyclic amines) is 1. The summed E-state index contributed by atoms with van der Waals surface area (Å²) in [7, 11) is 0. The highest BCUT2D eigenvalue weighted by molar-refractivity contribution is 5.99. The molecule has 134 valence electrons. The Morgan fingerprint density at radius 2 is 2.20 bits per heavy atom. The zero-order chi connectivity index (χ0) is 17.2. The van der Waals surface area contributed by atoms with Crippen LogP contribution in [0.1, 0.15) is 30.7 Å². The lowest BCUT2D eigenvalue weighted by Crippen LogP contribution is -2.49. The molecular formula is C19H25N3O3. The third kappa shape index (κ3) is 3.28. The molecule has 3 aliphatic rings. The third-order valence-electron chi connectivity index (χ3n) is 5.46. The lowest BCUT2D eigenvalue weighted by molar-refractivity contribution is -0.131. The van der Waals surface area contributed by atoms with Crippen molar-refractivity contribution in [2.24, 2.45) is 0 Å². The zero-order valence-corrected chi connectivity index (χ0v) is 14.4. The maximum atomic E-state index is 12.9. The molecule has 1 aromatic carbocycles. The molecule has 1 aromatic rings. The Balaban J connectivity index is 1.47. The van der Waals surface area contributed by atoms with E-state index in [1.54, 1.807) is 0 Å². The maximum Gasteiger partial charge on any atom is 0.257 e. The number of rotatable bonds is 4. The van der Waals surface area contributed by atoms with Gasteiger partial charge in [-0.05, 0) is 24.5 Å². The number of morpholine rings is 1. The van der Waals surface area contributed by atoms with Crippen LogP contribution >= 0.6 is 0 Å². The standard InChI is InChI=1S/C19H25N3O3/c23-18-6-3-9-21(18)10-7-14-13-22(16-5-2-1-4-15(14)16)19(24)17-12-20-8-11-25-17/h1-2,4-5,14,17,20H,3,6-13H2/t14-,17-/m1/s1. The first-order valence-corrected chi connectivity index (χ1v) is 9.24. The number of nitrogens with one attached hydrogen (secondary N) is 1. The van der Waals surface area contributed by atoms with Gasteiger partial charge in [-0.3, -0.25) is 9.59 Å². The van der Waals surface area contributed by atoms with Crippen molar-refractivity contribution in [1.82, 2.24) is 10.2 Å². The molecule has 2 atom stereocenters. The van der Waals surface area contributed by atoms with Gasteiger partial charge in [0.2, 0.25) is 5.91 Å².